The van der Waals surface area contributed by atoms with E-state index in [9.17, 15) is 14.7 Å². The maximum absolute atomic E-state index is 12.7. The average molecular weight is 532 g/mol. The molecule has 1 aromatic heterocycles. The number of carbonyl (C=O) groups is 2. The summed E-state index contributed by atoms with van der Waals surface area (Å²) in [5.74, 6) is 0.514. The number of oxazole rings is 1. The molecule has 200 valence electrons. The summed E-state index contributed by atoms with van der Waals surface area (Å²) in [6.07, 6.45) is 13.7. The molecule has 1 atom stereocenters. The summed E-state index contributed by atoms with van der Waals surface area (Å²) in [5.41, 5.74) is 2.33. The van der Waals surface area contributed by atoms with E-state index in [1.165, 1.54) is 11.0 Å². The number of hydrogen-bond donors (Lipinski definition) is 1. The van der Waals surface area contributed by atoms with Crippen LogP contribution in [-0.4, -0.2) is 65.6 Å². The normalized spacial score (nSPS) is 15.4. The van der Waals surface area contributed by atoms with Crippen LogP contribution in [0.5, 0.6) is 5.75 Å². The van der Waals surface area contributed by atoms with Gasteiger partial charge in [-0.15, -0.1) is 0 Å². The fourth-order valence-electron chi connectivity index (χ4n) is 4.26. The maximum Gasteiger partial charge on any atom is 1.00 e. The summed E-state index contributed by atoms with van der Waals surface area (Å²) in [7, 11) is 4.12. The standard InChI is InChI=1S/C29H37N3O5.Na.H/c1-5-6-8-12-27(33)32-18-15-22-13-14-23(20-24(22)28(32)29(34)35)36-19-16-25-21(2)37-26(30-25)11-9-7-10-17-31(3)4;;/h5-6,8-9,11-14,20,28H,7,10,15-19H2,1-4H3,(H,34,35);;/q;+1;-1. The van der Waals surface area contributed by atoms with E-state index in [-0.39, 0.29) is 36.9 Å². The third kappa shape index (κ3) is 8.98. The average Bonchev–Trinajstić information content (AvgIpc) is 3.21. The number of nitrogens with zero attached hydrogens (tertiary/aromatic N) is 3. The number of amides is 1. The van der Waals surface area contributed by atoms with Gasteiger partial charge in [-0.05, 0) is 83.1 Å². The van der Waals surface area contributed by atoms with Gasteiger partial charge in [-0.25, -0.2) is 9.78 Å². The van der Waals surface area contributed by atoms with Crippen LogP contribution in [0.1, 0.15) is 55.7 Å². The third-order valence-corrected chi connectivity index (χ3v) is 6.16. The smallest absolute Gasteiger partial charge is 1.00 e. The van der Waals surface area contributed by atoms with E-state index in [1.807, 2.05) is 32.1 Å². The minimum atomic E-state index is -1.06. The Hall–Kier alpha value is -2.65. The van der Waals surface area contributed by atoms with Gasteiger partial charge in [0.1, 0.15) is 11.5 Å². The molecule has 3 rings (SSSR count). The predicted molar refractivity (Wildman–Crippen MR) is 145 cm³/mol. The van der Waals surface area contributed by atoms with Crippen molar-refractivity contribution in [3.8, 4) is 5.75 Å². The van der Waals surface area contributed by atoms with Gasteiger partial charge in [-0.3, -0.25) is 4.79 Å². The fourth-order valence-corrected chi connectivity index (χ4v) is 4.26. The van der Waals surface area contributed by atoms with Gasteiger partial charge in [0.25, 0.3) is 0 Å². The second-order valence-corrected chi connectivity index (χ2v) is 9.27. The van der Waals surface area contributed by atoms with Crippen LogP contribution in [0.4, 0.5) is 0 Å². The van der Waals surface area contributed by atoms with Crippen LogP contribution in [0, 0.1) is 6.92 Å². The zero-order valence-corrected chi connectivity index (χ0v) is 25.1. The van der Waals surface area contributed by atoms with Gasteiger partial charge in [0.15, 0.2) is 6.04 Å². The number of aryl methyl sites for hydroxylation is 1. The van der Waals surface area contributed by atoms with Crippen LogP contribution in [-0.2, 0) is 22.4 Å². The number of carboxylic acids is 1. The van der Waals surface area contributed by atoms with Gasteiger partial charge in [0.2, 0.25) is 11.8 Å². The topological polar surface area (TPSA) is 96.1 Å². The molecule has 0 bridgehead atoms. The minimum Gasteiger partial charge on any atom is -1.00 e. The zero-order chi connectivity index (χ0) is 26.8. The summed E-state index contributed by atoms with van der Waals surface area (Å²) in [6, 6.07) is 4.41. The number of aromatic nitrogens is 1. The molecular formula is C29H38N3NaO5. The molecule has 1 aliphatic heterocycles. The molecule has 0 radical (unpaired) electrons. The number of ether oxygens (including phenoxy) is 1. The van der Waals surface area contributed by atoms with Crippen molar-refractivity contribution in [3.05, 3.63) is 77.1 Å². The van der Waals surface area contributed by atoms with Gasteiger partial charge < -0.3 is 25.5 Å². The number of fused-ring (bicyclic) bond motifs is 1. The van der Waals surface area contributed by atoms with E-state index in [4.69, 9.17) is 9.15 Å². The van der Waals surface area contributed by atoms with Crippen LogP contribution >= 0.6 is 0 Å². The SMILES string of the molecule is CC=CC=CC(=O)N1CCc2ccc(OCCc3nc(C=CCCCN(C)C)oc3C)cc2C1C(=O)O.[H-].[Na+]. The second-order valence-electron chi connectivity index (χ2n) is 9.27. The van der Waals surface area contributed by atoms with E-state index in [0.717, 1.165) is 36.4 Å². The number of benzene rings is 1. The van der Waals surface area contributed by atoms with E-state index < -0.39 is 12.0 Å². The summed E-state index contributed by atoms with van der Waals surface area (Å²) >= 11 is 0. The summed E-state index contributed by atoms with van der Waals surface area (Å²) in [6.45, 7) is 5.49. The number of aliphatic carboxylic acids is 1. The predicted octanol–water partition coefficient (Wildman–Crippen LogP) is 1.72. The largest absolute Gasteiger partial charge is 1.00 e. The van der Waals surface area contributed by atoms with E-state index >= 15 is 0 Å². The van der Waals surface area contributed by atoms with Gasteiger partial charge in [0, 0.05) is 19.0 Å². The number of allylic oxidation sites excluding steroid dienone is 4. The number of unbranched alkanes of at least 4 members (excludes halogenated alkanes) is 1. The molecule has 0 spiro atoms. The molecule has 1 aliphatic rings. The van der Waals surface area contributed by atoms with Crippen LogP contribution in [0.2, 0.25) is 0 Å². The van der Waals surface area contributed by atoms with Crippen LogP contribution in [0.3, 0.4) is 0 Å². The first-order valence-electron chi connectivity index (χ1n) is 12.7. The molecule has 0 aliphatic carbocycles. The van der Waals surface area contributed by atoms with Crippen molar-refractivity contribution in [1.29, 1.82) is 0 Å². The minimum absolute atomic E-state index is 0. The zero-order valence-electron chi connectivity index (χ0n) is 24.1. The Labute approximate surface area is 248 Å². The number of hydrogen-bond acceptors (Lipinski definition) is 6. The summed E-state index contributed by atoms with van der Waals surface area (Å²) in [5, 5.41) is 9.94. The van der Waals surface area contributed by atoms with Gasteiger partial charge in [0.05, 0.1) is 12.3 Å². The molecule has 2 aromatic rings. The first kappa shape index (κ1) is 31.6. The molecule has 1 aromatic carbocycles. The molecular weight excluding hydrogens is 493 g/mol. The third-order valence-electron chi connectivity index (χ3n) is 6.16. The summed E-state index contributed by atoms with van der Waals surface area (Å²) in [4.78, 5) is 32.9. The molecule has 1 amide bonds. The molecule has 8 nitrogen and oxygen atoms in total. The Kier molecular flexibility index (Phi) is 13.0. The van der Waals surface area contributed by atoms with Gasteiger partial charge in [-0.2, -0.15) is 0 Å². The Morgan fingerprint density at radius 2 is 2.11 bits per heavy atom. The second kappa shape index (κ2) is 15.7. The first-order valence-corrected chi connectivity index (χ1v) is 12.7. The van der Waals surface area contributed by atoms with E-state index in [2.05, 4.69) is 30.1 Å². The first-order chi connectivity index (χ1) is 17.8. The Morgan fingerprint density at radius 3 is 2.82 bits per heavy atom. The Bertz CT molecular complexity index is 1180. The van der Waals surface area contributed by atoms with E-state index in [0.29, 0.717) is 43.2 Å². The molecule has 0 fully saturated rings. The fraction of sp³-hybridized carbons (Fsp3) is 0.414. The Morgan fingerprint density at radius 1 is 1.32 bits per heavy atom. The number of rotatable bonds is 12. The molecule has 0 saturated carbocycles. The van der Waals surface area contributed by atoms with Crippen molar-refractivity contribution < 1.29 is 54.8 Å². The molecule has 0 saturated heterocycles. The van der Waals surface area contributed by atoms with Crippen molar-refractivity contribution in [2.24, 2.45) is 0 Å². The molecule has 1 unspecified atom stereocenters. The number of carboxylic acid groups (broad SMARTS) is 1. The molecule has 38 heavy (non-hydrogen) atoms. The number of carbonyl (C=O) groups excluding carboxylic acids is 1. The van der Waals surface area contributed by atoms with Crippen molar-refractivity contribution in [2.45, 2.75) is 45.6 Å². The van der Waals surface area contributed by atoms with E-state index in [1.54, 1.807) is 24.3 Å². The van der Waals surface area contributed by atoms with Gasteiger partial charge >= 0.3 is 35.5 Å². The van der Waals surface area contributed by atoms with Gasteiger partial charge in [-0.1, -0.05) is 30.4 Å². The molecule has 2 heterocycles. The quantitative estimate of drug-likeness (QED) is 0.193. The molecule has 1 N–H and O–H groups in total. The van der Waals surface area contributed by atoms with Crippen molar-refractivity contribution in [1.82, 2.24) is 14.8 Å². The van der Waals surface area contributed by atoms with Crippen molar-refractivity contribution in [2.75, 3.05) is 33.8 Å². The molecule has 9 heteroatoms. The van der Waals surface area contributed by atoms with Crippen molar-refractivity contribution >= 4 is 18.0 Å². The summed E-state index contributed by atoms with van der Waals surface area (Å²) < 4.78 is 11.7. The van der Waals surface area contributed by atoms with Crippen LogP contribution in [0.25, 0.3) is 6.08 Å². The monoisotopic (exact) mass is 531 g/mol. The Balaban J connectivity index is 0.00000380. The van der Waals surface area contributed by atoms with Crippen LogP contribution in [0.15, 0.2) is 53.0 Å². The van der Waals surface area contributed by atoms with Crippen LogP contribution < -0.4 is 34.3 Å². The van der Waals surface area contributed by atoms with Crippen molar-refractivity contribution in [3.63, 3.8) is 0 Å². The maximum atomic E-state index is 12.7.